The second kappa shape index (κ2) is 13.4. The highest BCUT2D eigenvalue weighted by atomic mass is 32.1. The lowest BCUT2D eigenvalue weighted by Crippen LogP contribution is -2.48. The summed E-state index contributed by atoms with van der Waals surface area (Å²) in [5.74, 6) is 0.449. The molecule has 1 N–H and O–H groups in total. The first kappa shape index (κ1) is 28.3. The van der Waals surface area contributed by atoms with Gasteiger partial charge in [0, 0.05) is 44.0 Å². The van der Waals surface area contributed by atoms with Gasteiger partial charge in [-0.15, -0.1) is 0 Å². The zero-order valence-corrected chi connectivity index (χ0v) is 23.7. The van der Waals surface area contributed by atoms with Gasteiger partial charge >= 0.3 is 0 Å². The molecule has 4 rings (SSSR count). The monoisotopic (exact) mass is 544 g/mol. The molecule has 1 fully saturated rings. The second-order valence-corrected chi connectivity index (χ2v) is 10.2. The predicted molar refractivity (Wildman–Crippen MR) is 160 cm³/mol. The zero-order valence-electron chi connectivity index (χ0n) is 22.9. The Labute approximate surface area is 236 Å². The van der Waals surface area contributed by atoms with E-state index < -0.39 is 0 Å². The van der Waals surface area contributed by atoms with E-state index in [0.717, 1.165) is 55.0 Å². The molecule has 2 amide bonds. The van der Waals surface area contributed by atoms with Crippen LogP contribution in [-0.4, -0.2) is 73.1 Å². The molecule has 204 valence electrons. The van der Waals surface area contributed by atoms with Crippen LogP contribution in [0.2, 0.25) is 0 Å². The van der Waals surface area contributed by atoms with Gasteiger partial charge < -0.3 is 19.4 Å². The van der Waals surface area contributed by atoms with Gasteiger partial charge in [0.25, 0.3) is 11.8 Å². The van der Waals surface area contributed by atoms with Crippen LogP contribution in [0.15, 0.2) is 72.8 Å². The molecule has 0 saturated carbocycles. The summed E-state index contributed by atoms with van der Waals surface area (Å²) in [4.78, 5) is 31.3. The molecule has 1 saturated heterocycles. The van der Waals surface area contributed by atoms with Crippen molar-refractivity contribution < 1.29 is 14.3 Å². The minimum absolute atomic E-state index is 0.0155. The zero-order chi connectivity index (χ0) is 27.8. The van der Waals surface area contributed by atoms with Gasteiger partial charge in [-0.05, 0) is 79.6 Å². The minimum atomic E-state index is -0.225. The molecule has 1 heterocycles. The number of carbonyl (C=O) groups excluding carboxylic acids is 2. The number of thiocarbonyl (C=S) groups is 1. The van der Waals surface area contributed by atoms with Gasteiger partial charge in [-0.1, -0.05) is 49.4 Å². The Morgan fingerprint density at radius 3 is 2.28 bits per heavy atom. The molecule has 3 aromatic carbocycles. The Kier molecular flexibility index (Phi) is 9.68. The van der Waals surface area contributed by atoms with Crippen LogP contribution in [0.4, 0.5) is 5.69 Å². The van der Waals surface area contributed by atoms with E-state index >= 15 is 0 Å². The lowest BCUT2D eigenvalue weighted by Gasteiger charge is -2.32. The summed E-state index contributed by atoms with van der Waals surface area (Å²) in [5, 5.41) is 3.27. The standard InChI is InChI=1S/C31H36N4O3S/c1-4-16-35(31(39)32-30(37)25-8-6-5-7-9-25)28-21-26(11-10-23(28)2)24-12-14-27(15-13-24)38-22-29(36)34-19-17-33(3)18-20-34/h5-15,21H,4,16-20,22H2,1-3H3,(H,32,37,39). The molecule has 7 nitrogen and oxygen atoms in total. The number of rotatable bonds is 8. The summed E-state index contributed by atoms with van der Waals surface area (Å²) in [7, 11) is 2.07. The number of anilines is 1. The first-order chi connectivity index (χ1) is 18.9. The Morgan fingerprint density at radius 2 is 1.62 bits per heavy atom. The number of amides is 2. The van der Waals surface area contributed by atoms with E-state index in [1.165, 1.54) is 0 Å². The summed E-state index contributed by atoms with van der Waals surface area (Å²) in [6.07, 6.45) is 0.865. The van der Waals surface area contributed by atoms with Crippen molar-refractivity contribution in [3.63, 3.8) is 0 Å². The molecule has 39 heavy (non-hydrogen) atoms. The van der Waals surface area contributed by atoms with Crippen molar-refractivity contribution in [3.8, 4) is 16.9 Å². The average molecular weight is 545 g/mol. The fourth-order valence-electron chi connectivity index (χ4n) is 4.50. The highest BCUT2D eigenvalue weighted by Crippen LogP contribution is 2.29. The largest absolute Gasteiger partial charge is 0.484 e. The third kappa shape index (κ3) is 7.43. The van der Waals surface area contributed by atoms with Crippen LogP contribution in [0.25, 0.3) is 11.1 Å². The van der Waals surface area contributed by atoms with E-state index in [0.29, 0.717) is 23.0 Å². The van der Waals surface area contributed by atoms with Gasteiger partial charge in [0.15, 0.2) is 11.7 Å². The highest BCUT2D eigenvalue weighted by Gasteiger charge is 2.20. The first-order valence-electron chi connectivity index (χ1n) is 13.3. The number of carbonyl (C=O) groups is 2. The third-order valence-electron chi connectivity index (χ3n) is 6.85. The van der Waals surface area contributed by atoms with E-state index in [4.69, 9.17) is 17.0 Å². The molecule has 1 aliphatic rings. The summed E-state index contributed by atoms with van der Waals surface area (Å²) >= 11 is 5.68. The summed E-state index contributed by atoms with van der Waals surface area (Å²) < 4.78 is 5.79. The SMILES string of the molecule is CCCN(C(=S)NC(=O)c1ccccc1)c1cc(-c2ccc(OCC(=O)N3CCN(C)CC3)cc2)ccc1C. The van der Waals surface area contributed by atoms with E-state index in [9.17, 15) is 9.59 Å². The van der Waals surface area contributed by atoms with Crippen LogP contribution >= 0.6 is 12.2 Å². The molecule has 0 radical (unpaired) electrons. The number of hydrogen-bond acceptors (Lipinski definition) is 5. The number of piperazine rings is 1. The van der Waals surface area contributed by atoms with Crippen molar-refractivity contribution in [1.29, 1.82) is 0 Å². The molecule has 0 unspecified atom stereocenters. The molecular weight excluding hydrogens is 508 g/mol. The lowest BCUT2D eigenvalue weighted by atomic mass is 10.0. The maximum Gasteiger partial charge on any atom is 0.260 e. The van der Waals surface area contributed by atoms with Gasteiger partial charge in [0.2, 0.25) is 0 Å². The third-order valence-corrected chi connectivity index (χ3v) is 7.18. The van der Waals surface area contributed by atoms with E-state index in [1.54, 1.807) is 12.1 Å². The Hall–Kier alpha value is -3.75. The topological polar surface area (TPSA) is 65.1 Å². The van der Waals surface area contributed by atoms with Crippen LogP contribution in [0, 0.1) is 6.92 Å². The highest BCUT2D eigenvalue weighted by molar-refractivity contribution is 7.80. The van der Waals surface area contributed by atoms with Gasteiger partial charge in [-0.2, -0.15) is 0 Å². The fourth-order valence-corrected chi connectivity index (χ4v) is 4.78. The first-order valence-corrected chi connectivity index (χ1v) is 13.7. The lowest BCUT2D eigenvalue weighted by molar-refractivity contribution is -0.134. The molecule has 0 atom stereocenters. The normalized spacial score (nSPS) is 13.6. The van der Waals surface area contributed by atoms with Crippen molar-refractivity contribution in [1.82, 2.24) is 15.1 Å². The molecule has 3 aromatic rings. The Morgan fingerprint density at radius 1 is 0.949 bits per heavy atom. The maximum absolute atomic E-state index is 12.7. The van der Waals surface area contributed by atoms with Gasteiger partial charge in [0.05, 0.1) is 0 Å². The molecular formula is C31H36N4O3S. The Balaban J connectivity index is 1.44. The predicted octanol–water partition coefficient (Wildman–Crippen LogP) is 4.75. The molecule has 0 spiro atoms. The van der Waals surface area contributed by atoms with Crippen molar-refractivity contribution in [2.75, 3.05) is 51.3 Å². The summed E-state index contributed by atoms with van der Waals surface area (Å²) in [6, 6.07) is 23.1. The van der Waals surface area contributed by atoms with Crippen molar-refractivity contribution in [3.05, 3.63) is 83.9 Å². The van der Waals surface area contributed by atoms with Crippen LogP contribution in [-0.2, 0) is 4.79 Å². The number of ether oxygens (including phenoxy) is 1. The number of hydrogen-bond donors (Lipinski definition) is 1. The van der Waals surface area contributed by atoms with Gasteiger partial charge in [-0.25, -0.2) is 0 Å². The summed E-state index contributed by atoms with van der Waals surface area (Å²) in [6.45, 7) is 8.09. The van der Waals surface area contributed by atoms with Crippen molar-refractivity contribution in [2.45, 2.75) is 20.3 Å². The fraction of sp³-hybridized carbons (Fsp3) is 0.323. The Bertz CT molecular complexity index is 1290. The number of nitrogens with zero attached hydrogens (tertiary/aromatic N) is 3. The number of likely N-dealkylation sites (N-methyl/N-ethyl adjacent to an activating group) is 1. The maximum atomic E-state index is 12.7. The molecule has 0 aromatic heterocycles. The van der Waals surface area contributed by atoms with E-state index in [-0.39, 0.29) is 18.4 Å². The summed E-state index contributed by atoms with van der Waals surface area (Å²) in [5.41, 5.74) is 4.62. The van der Waals surface area contributed by atoms with Gasteiger partial charge in [-0.3, -0.25) is 14.9 Å². The smallest absolute Gasteiger partial charge is 0.260 e. The van der Waals surface area contributed by atoms with E-state index in [1.807, 2.05) is 59.2 Å². The van der Waals surface area contributed by atoms with E-state index in [2.05, 4.69) is 42.4 Å². The number of nitrogens with one attached hydrogen (secondary N) is 1. The van der Waals surface area contributed by atoms with Crippen LogP contribution in [0.5, 0.6) is 5.75 Å². The number of benzene rings is 3. The minimum Gasteiger partial charge on any atom is -0.484 e. The quantitative estimate of drug-likeness (QED) is 0.413. The molecule has 0 bridgehead atoms. The second-order valence-electron chi connectivity index (χ2n) is 9.78. The molecule has 8 heteroatoms. The van der Waals surface area contributed by atoms with Gasteiger partial charge in [0.1, 0.15) is 5.75 Å². The van der Waals surface area contributed by atoms with Crippen molar-refractivity contribution in [2.24, 2.45) is 0 Å². The average Bonchev–Trinajstić information content (AvgIpc) is 2.96. The van der Waals surface area contributed by atoms with Crippen LogP contribution < -0.4 is 15.0 Å². The van der Waals surface area contributed by atoms with Crippen LogP contribution in [0.3, 0.4) is 0 Å². The molecule has 0 aliphatic carbocycles. The number of aryl methyl sites for hydroxylation is 1. The van der Waals surface area contributed by atoms with Crippen molar-refractivity contribution >= 4 is 34.8 Å². The van der Waals surface area contributed by atoms with Crippen LogP contribution in [0.1, 0.15) is 29.3 Å². The molecule has 1 aliphatic heterocycles.